The molecule has 0 bridgehead atoms. The van der Waals surface area contributed by atoms with Gasteiger partial charge in [-0.2, -0.15) is 0 Å². The van der Waals surface area contributed by atoms with Crippen LogP contribution in [0.1, 0.15) is 26.3 Å². The van der Waals surface area contributed by atoms with Crippen molar-refractivity contribution in [1.82, 2.24) is 10.2 Å². The predicted molar refractivity (Wildman–Crippen MR) is 134 cm³/mol. The molecule has 10 heteroatoms. The number of sulfonamides is 1. The van der Waals surface area contributed by atoms with Gasteiger partial charge in [0.2, 0.25) is 21.8 Å². The Kier molecular flexibility index (Phi) is 9.76. The third-order valence-corrected chi connectivity index (χ3v) is 6.49. The van der Waals surface area contributed by atoms with Crippen LogP contribution in [-0.2, 0) is 26.2 Å². The summed E-state index contributed by atoms with van der Waals surface area (Å²) in [6, 6.07) is 12.7. The standard InChI is InChI=1S/C24H32ClN3O5S/c1-17(2)14-26-24(30)18(3)27(15-19-9-8-10-20(25)13-19)23(29)16-28(34(5,31)32)21-11-6-7-12-22(21)33-4/h6-13,17-18H,14-16H2,1-5H3,(H,26,30). The van der Waals surface area contributed by atoms with E-state index in [1.165, 1.54) is 12.0 Å². The molecule has 186 valence electrons. The van der Waals surface area contributed by atoms with E-state index in [9.17, 15) is 18.0 Å². The van der Waals surface area contributed by atoms with E-state index in [0.717, 1.165) is 10.6 Å². The number of carbonyl (C=O) groups is 2. The van der Waals surface area contributed by atoms with Crippen LogP contribution in [0.25, 0.3) is 0 Å². The molecule has 0 aliphatic rings. The summed E-state index contributed by atoms with van der Waals surface area (Å²) in [4.78, 5) is 27.7. The maximum absolute atomic E-state index is 13.5. The van der Waals surface area contributed by atoms with E-state index in [1.54, 1.807) is 55.5 Å². The molecule has 0 aliphatic heterocycles. The molecule has 2 aromatic carbocycles. The molecule has 0 aromatic heterocycles. The van der Waals surface area contributed by atoms with Crippen LogP contribution in [0.4, 0.5) is 5.69 Å². The molecule has 2 aromatic rings. The first-order chi connectivity index (χ1) is 15.9. The van der Waals surface area contributed by atoms with Crippen molar-refractivity contribution in [2.45, 2.75) is 33.4 Å². The van der Waals surface area contributed by atoms with Crippen molar-refractivity contribution < 1.29 is 22.7 Å². The zero-order valence-corrected chi connectivity index (χ0v) is 21.7. The van der Waals surface area contributed by atoms with Gasteiger partial charge in [0, 0.05) is 18.1 Å². The van der Waals surface area contributed by atoms with E-state index < -0.39 is 28.5 Å². The van der Waals surface area contributed by atoms with Gasteiger partial charge in [0.15, 0.2) is 0 Å². The lowest BCUT2D eigenvalue weighted by Gasteiger charge is -2.32. The number of halogens is 1. The minimum Gasteiger partial charge on any atom is -0.495 e. The van der Waals surface area contributed by atoms with Gasteiger partial charge in [-0.05, 0) is 42.7 Å². The number of hydrogen-bond acceptors (Lipinski definition) is 5. The van der Waals surface area contributed by atoms with Crippen LogP contribution in [0.2, 0.25) is 5.02 Å². The van der Waals surface area contributed by atoms with Crippen molar-refractivity contribution in [1.29, 1.82) is 0 Å². The summed E-state index contributed by atoms with van der Waals surface area (Å²) in [5.41, 5.74) is 0.952. The molecule has 0 saturated heterocycles. The van der Waals surface area contributed by atoms with E-state index in [1.807, 2.05) is 13.8 Å². The highest BCUT2D eigenvalue weighted by Crippen LogP contribution is 2.29. The van der Waals surface area contributed by atoms with E-state index >= 15 is 0 Å². The van der Waals surface area contributed by atoms with Gasteiger partial charge < -0.3 is 15.0 Å². The number of para-hydroxylation sites is 2. The van der Waals surface area contributed by atoms with E-state index in [0.29, 0.717) is 22.9 Å². The molecular weight excluding hydrogens is 478 g/mol. The molecule has 1 atom stereocenters. The number of rotatable bonds is 11. The number of methoxy groups -OCH3 is 1. The molecular formula is C24H32ClN3O5S. The molecule has 0 heterocycles. The zero-order valence-electron chi connectivity index (χ0n) is 20.1. The summed E-state index contributed by atoms with van der Waals surface area (Å²) in [5.74, 6) is -0.319. The fourth-order valence-corrected chi connectivity index (χ4v) is 4.36. The lowest BCUT2D eigenvalue weighted by atomic mass is 10.1. The van der Waals surface area contributed by atoms with Crippen molar-refractivity contribution in [3.8, 4) is 5.75 Å². The number of nitrogens with zero attached hydrogens (tertiary/aromatic N) is 2. The number of nitrogens with one attached hydrogen (secondary N) is 1. The van der Waals surface area contributed by atoms with Crippen LogP contribution in [0.3, 0.4) is 0 Å². The molecule has 1 N–H and O–H groups in total. The van der Waals surface area contributed by atoms with Gasteiger partial charge in [-0.3, -0.25) is 13.9 Å². The number of benzene rings is 2. The number of anilines is 1. The second kappa shape index (κ2) is 12.1. The Bertz CT molecular complexity index is 1110. The van der Waals surface area contributed by atoms with Crippen LogP contribution < -0.4 is 14.4 Å². The van der Waals surface area contributed by atoms with Gasteiger partial charge in [0.25, 0.3) is 0 Å². The summed E-state index contributed by atoms with van der Waals surface area (Å²) < 4.78 is 31.6. The first kappa shape index (κ1) is 27.5. The average Bonchev–Trinajstić information content (AvgIpc) is 2.78. The normalized spacial score (nSPS) is 12.2. The monoisotopic (exact) mass is 509 g/mol. The smallest absolute Gasteiger partial charge is 0.244 e. The predicted octanol–water partition coefficient (Wildman–Crippen LogP) is 3.30. The van der Waals surface area contributed by atoms with Crippen LogP contribution in [0.5, 0.6) is 5.75 Å². The zero-order chi connectivity index (χ0) is 25.5. The average molecular weight is 510 g/mol. The summed E-state index contributed by atoms with van der Waals surface area (Å²) in [5, 5.41) is 3.33. The fraction of sp³-hybridized carbons (Fsp3) is 0.417. The summed E-state index contributed by atoms with van der Waals surface area (Å²) in [7, 11) is -2.42. The van der Waals surface area contributed by atoms with Crippen LogP contribution in [0.15, 0.2) is 48.5 Å². The largest absolute Gasteiger partial charge is 0.495 e. The molecule has 34 heavy (non-hydrogen) atoms. The van der Waals surface area contributed by atoms with Crippen molar-refractivity contribution in [3.63, 3.8) is 0 Å². The Hall–Kier alpha value is -2.78. The van der Waals surface area contributed by atoms with Crippen LogP contribution >= 0.6 is 11.6 Å². The maximum atomic E-state index is 13.5. The summed E-state index contributed by atoms with van der Waals surface area (Å²) in [6.07, 6.45) is 1.02. The van der Waals surface area contributed by atoms with Gasteiger partial charge in [0.1, 0.15) is 18.3 Å². The van der Waals surface area contributed by atoms with Gasteiger partial charge in [0.05, 0.1) is 19.1 Å². The molecule has 1 unspecified atom stereocenters. The molecule has 0 aliphatic carbocycles. The van der Waals surface area contributed by atoms with Crippen molar-refractivity contribution in [2.24, 2.45) is 5.92 Å². The molecule has 0 radical (unpaired) electrons. The highest BCUT2D eigenvalue weighted by molar-refractivity contribution is 7.92. The van der Waals surface area contributed by atoms with Gasteiger partial charge in [-0.25, -0.2) is 8.42 Å². The van der Waals surface area contributed by atoms with E-state index in [-0.39, 0.29) is 24.1 Å². The molecule has 2 amide bonds. The molecule has 0 saturated carbocycles. The Morgan fingerprint density at radius 2 is 1.76 bits per heavy atom. The van der Waals surface area contributed by atoms with Crippen molar-refractivity contribution in [2.75, 3.05) is 30.8 Å². The van der Waals surface area contributed by atoms with E-state index in [2.05, 4.69) is 5.32 Å². The topological polar surface area (TPSA) is 96.0 Å². The first-order valence-corrected chi connectivity index (χ1v) is 13.1. The SMILES string of the molecule is COc1ccccc1N(CC(=O)N(Cc1cccc(Cl)c1)C(C)C(=O)NCC(C)C)S(C)(=O)=O. The van der Waals surface area contributed by atoms with Crippen LogP contribution in [-0.4, -0.2) is 57.6 Å². The van der Waals surface area contributed by atoms with Crippen LogP contribution in [0, 0.1) is 5.92 Å². The Morgan fingerprint density at radius 3 is 2.35 bits per heavy atom. The van der Waals surface area contributed by atoms with Crippen molar-refractivity contribution in [3.05, 3.63) is 59.1 Å². The second-order valence-electron chi connectivity index (χ2n) is 8.41. The lowest BCUT2D eigenvalue weighted by Crippen LogP contribution is -2.51. The quantitative estimate of drug-likeness (QED) is 0.501. The highest BCUT2D eigenvalue weighted by atomic mass is 35.5. The Balaban J connectivity index is 2.40. The van der Waals surface area contributed by atoms with Gasteiger partial charge >= 0.3 is 0 Å². The van der Waals surface area contributed by atoms with Crippen molar-refractivity contribution >= 4 is 39.1 Å². The van der Waals surface area contributed by atoms with Gasteiger partial charge in [-0.15, -0.1) is 0 Å². The second-order valence-corrected chi connectivity index (χ2v) is 10.8. The third kappa shape index (κ3) is 7.63. The minimum absolute atomic E-state index is 0.0825. The number of amides is 2. The fourth-order valence-electron chi connectivity index (χ4n) is 3.30. The van der Waals surface area contributed by atoms with Gasteiger partial charge in [-0.1, -0.05) is 49.7 Å². The molecule has 0 spiro atoms. The molecule has 2 rings (SSSR count). The summed E-state index contributed by atoms with van der Waals surface area (Å²) >= 11 is 6.11. The minimum atomic E-state index is -3.84. The molecule has 0 fully saturated rings. The maximum Gasteiger partial charge on any atom is 0.244 e. The summed E-state index contributed by atoms with van der Waals surface area (Å²) in [6.45, 7) is 5.60. The van der Waals surface area contributed by atoms with E-state index in [4.69, 9.17) is 16.3 Å². The highest BCUT2D eigenvalue weighted by Gasteiger charge is 2.31. The third-order valence-electron chi connectivity index (χ3n) is 5.13. The number of carbonyl (C=O) groups excluding carboxylic acids is 2. The Morgan fingerprint density at radius 1 is 1.09 bits per heavy atom. The number of hydrogen-bond donors (Lipinski definition) is 1. The number of ether oxygens (including phenoxy) is 1. The first-order valence-electron chi connectivity index (χ1n) is 10.9. The molecule has 8 nitrogen and oxygen atoms in total. The Labute approximate surface area is 206 Å². The lowest BCUT2D eigenvalue weighted by molar-refractivity contribution is -0.139.